The molecule has 1 saturated carbocycles. The van der Waals surface area contributed by atoms with Crippen LogP contribution in [0.1, 0.15) is 46.0 Å². The molecule has 0 N–H and O–H groups in total. The summed E-state index contributed by atoms with van der Waals surface area (Å²) in [6.07, 6.45) is 11.3. The van der Waals surface area contributed by atoms with E-state index in [0.717, 1.165) is 0 Å². The molecule has 0 aromatic rings. The van der Waals surface area contributed by atoms with Crippen molar-refractivity contribution in [3.05, 3.63) is 12.2 Å². The highest BCUT2D eigenvalue weighted by Crippen LogP contribution is 2.32. The van der Waals surface area contributed by atoms with Crippen molar-refractivity contribution < 1.29 is 9.47 Å². The lowest BCUT2D eigenvalue weighted by atomic mass is 9.85. The maximum atomic E-state index is 6.03. The Morgan fingerprint density at radius 2 is 1.87 bits per heavy atom. The largest absolute Gasteiger partial charge is 0.346 e. The van der Waals surface area contributed by atoms with E-state index < -0.39 is 5.79 Å². The Balaban J connectivity index is 1.99. The standard InChI is InChI=1S/C13H22O2/c1-13(2)14-10-6-9-12(15-13)11-7-4-3-5-8-11/h6,9,11-12H,3-5,7-8,10H2,1-2H3. The van der Waals surface area contributed by atoms with Crippen molar-refractivity contribution >= 4 is 0 Å². The van der Waals surface area contributed by atoms with Gasteiger partial charge in [-0.15, -0.1) is 0 Å². The fourth-order valence-corrected chi connectivity index (χ4v) is 2.56. The van der Waals surface area contributed by atoms with Gasteiger partial charge in [0.05, 0.1) is 12.7 Å². The second-order valence-corrected chi connectivity index (χ2v) is 5.12. The molecular formula is C13H22O2. The van der Waals surface area contributed by atoms with Crippen molar-refractivity contribution in [3.8, 4) is 0 Å². The van der Waals surface area contributed by atoms with Gasteiger partial charge in [-0.25, -0.2) is 0 Å². The van der Waals surface area contributed by atoms with Gasteiger partial charge in [0, 0.05) is 0 Å². The molecule has 15 heavy (non-hydrogen) atoms. The summed E-state index contributed by atoms with van der Waals surface area (Å²) in [5, 5.41) is 0. The second kappa shape index (κ2) is 4.67. The van der Waals surface area contributed by atoms with Crippen LogP contribution >= 0.6 is 0 Å². The summed E-state index contributed by atoms with van der Waals surface area (Å²) >= 11 is 0. The fourth-order valence-electron chi connectivity index (χ4n) is 2.56. The summed E-state index contributed by atoms with van der Waals surface area (Å²) in [7, 11) is 0. The van der Waals surface area contributed by atoms with Crippen molar-refractivity contribution in [1.82, 2.24) is 0 Å². The molecule has 0 amide bonds. The predicted molar refractivity (Wildman–Crippen MR) is 60.6 cm³/mol. The SMILES string of the molecule is CC1(C)OCC=CC(C2CCCCC2)O1. The smallest absolute Gasteiger partial charge is 0.163 e. The van der Waals surface area contributed by atoms with Crippen molar-refractivity contribution in [3.63, 3.8) is 0 Å². The van der Waals surface area contributed by atoms with Crippen LogP contribution in [-0.4, -0.2) is 18.5 Å². The molecule has 0 aromatic carbocycles. The summed E-state index contributed by atoms with van der Waals surface area (Å²) < 4.78 is 11.6. The molecule has 0 radical (unpaired) electrons. The van der Waals surface area contributed by atoms with Gasteiger partial charge in [0.2, 0.25) is 0 Å². The van der Waals surface area contributed by atoms with Gasteiger partial charge < -0.3 is 9.47 Å². The van der Waals surface area contributed by atoms with Crippen LogP contribution < -0.4 is 0 Å². The van der Waals surface area contributed by atoms with E-state index in [1.807, 2.05) is 13.8 Å². The molecule has 2 nitrogen and oxygen atoms in total. The summed E-state index contributed by atoms with van der Waals surface area (Å²) in [5.74, 6) is 0.280. The third-order valence-electron chi connectivity index (χ3n) is 3.39. The molecule has 1 fully saturated rings. The fraction of sp³-hybridized carbons (Fsp3) is 0.846. The van der Waals surface area contributed by atoms with Crippen molar-refractivity contribution in [1.29, 1.82) is 0 Å². The Labute approximate surface area is 92.6 Å². The highest BCUT2D eigenvalue weighted by atomic mass is 16.7. The average molecular weight is 210 g/mol. The lowest BCUT2D eigenvalue weighted by molar-refractivity contribution is -0.227. The zero-order chi connectivity index (χ0) is 10.7. The number of rotatable bonds is 1. The molecule has 2 heteroatoms. The van der Waals surface area contributed by atoms with Crippen LogP contribution in [0.2, 0.25) is 0 Å². The molecule has 0 spiro atoms. The molecule has 1 atom stereocenters. The number of hydrogen-bond donors (Lipinski definition) is 0. The van der Waals surface area contributed by atoms with E-state index in [0.29, 0.717) is 12.5 Å². The number of ether oxygens (including phenoxy) is 2. The van der Waals surface area contributed by atoms with Gasteiger partial charge in [-0.05, 0) is 32.6 Å². The molecule has 1 aliphatic carbocycles. The Hall–Kier alpha value is -0.340. The van der Waals surface area contributed by atoms with Gasteiger partial charge in [-0.3, -0.25) is 0 Å². The topological polar surface area (TPSA) is 18.5 Å². The molecule has 0 saturated heterocycles. The van der Waals surface area contributed by atoms with Gasteiger partial charge in [0.25, 0.3) is 0 Å². The Morgan fingerprint density at radius 3 is 2.60 bits per heavy atom. The first kappa shape index (κ1) is 11.2. The molecule has 0 aromatic heterocycles. The lowest BCUT2D eigenvalue weighted by Crippen LogP contribution is -2.35. The van der Waals surface area contributed by atoms with Gasteiger partial charge in [-0.1, -0.05) is 31.4 Å². The van der Waals surface area contributed by atoms with Gasteiger partial charge in [0.15, 0.2) is 5.79 Å². The Kier molecular flexibility index (Phi) is 3.47. The molecule has 1 heterocycles. The average Bonchev–Trinajstić information content (AvgIpc) is 2.41. The quantitative estimate of drug-likeness (QED) is 0.618. The number of hydrogen-bond acceptors (Lipinski definition) is 2. The zero-order valence-corrected chi connectivity index (χ0v) is 9.87. The highest BCUT2D eigenvalue weighted by molar-refractivity contribution is 4.96. The van der Waals surface area contributed by atoms with Gasteiger partial charge in [0.1, 0.15) is 0 Å². The molecule has 2 rings (SSSR count). The van der Waals surface area contributed by atoms with Gasteiger partial charge in [-0.2, -0.15) is 0 Å². The van der Waals surface area contributed by atoms with Crippen molar-refractivity contribution in [2.45, 2.75) is 57.8 Å². The third-order valence-corrected chi connectivity index (χ3v) is 3.39. The summed E-state index contributed by atoms with van der Waals surface area (Å²) in [6, 6.07) is 0. The monoisotopic (exact) mass is 210 g/mol. The molecule has 86 valence electrons. The molecule has 1 unspecified atom stereocenters. The van der Waals surface area contributed by atoms with E-state index in [1.54, 1.807) is 0 Å². The van der Waals surface area contributed by atoms with Crippen molar-refractivity contribution in [2.75, 3.05) is 6.61 Å². The van der Waals surface area contributed by atoms with Crippen LogP contribution in [0.4, 0.5) is 0 Å². The summed E-state index contributed by atoms with van der Waals surface area (Å²) in [6.45, 7) is 4.70. The molecule has 1 aliphatic heterocycles. The first-order valence-electron chi connectivity index (χ1n) is 6.16. The van der Waals surface area contributed by atoms with Crippen LogP contribution in [0.3, 0.4) is 0 Å². The van der Waals surface area contributed by atoms with Crippen LogP contribution in [-0.2, 0) is 9.47 Å². The first-order valence-corrected chi connectivity index (χ1v) is 6.16. The molecule has 0 bridgehead atoms. The van der Waals surface area contributed by atoms with Crippen molar-refractivity contribution in [2.24, 2.45) is 5.92 Å². The maximum absolute atomic E-state index is 6.03. The Bertz CT molecular complexity index is 227. The van der Waals surface area contributed by atoms with Crippen LogP contribution in [0.15, 0.2) is 12.2 Å². The summed E-state index contributed by atoms with van der Waals surface area (Å²) in [4.78, 5) is 0. The minimum atomic E-state index is -0.425. The highest BCUT2D eigenvalue weighted by Gasteiger charge is 2.30. The van der Waals surface area contributed by atoms with E-state index >= 15 is 0 Å². The normalized spacial score (nSPS) is 32.5. The minimum absolute atomic E-state index is 0.266. The maximum Gasteiger partial charge on any atom is 0.163 e. The Morgan fingerprint density at radius 1 is 1.13 bits per heavy atom. The van der Waals surface area contributed by atoms with E-state index in [1.165, 1.54) is 32.1 Å². The molecule has 2 aliphatic rings. The van der Waals surface area contributed by atoms with E-state index in [2.05, 4.69) is 12.2 Å². The summed E-state index contributed by atoms with van der Waals surface area (Å²) in [5.41, 5.74) is 0. The third kappa shape index (κ3) is 3.05. The van der Waals surface area contributed by atoms with Gasteiger partial charge >= 0.3 is 0 Å². The van der Waals surface area contributed by atoms with Crippen LogP contribution in [0.5, 0.6) is 0 Å². The van der Waals surface area contributed by atoms with E-state index in [9.17, 15) is 0 Å². The van der Waals surface area contributed by atoms with Crippen LogP contribution in [0, 0.1) is 5.92 Å². The molecular weight excluding hydrogens is 188 g/mol. The zero-order valence-electron chi connectivity index (χ0n) is 9.87. The predicted octanol–water partition coefficient (Wildman–Crippen LogP) is 3.27. The lowest BCUT2D eigenvalue weighted by Gasteiger charge is -2.33. The first-order chi connectivity index (χ1) is 7.17. The minimum Gasteiger partial charge on any atom is -0.346 e. The van der Waals surface area contributed by atoms with E-state index in [-0.39, 0.29) is 6.10 Å². The van der Waals surface area contributed by atoms with E-state index in [4.69, 9.17) is 9.47 Å². The second-order valence-electron chi connectivity index (χ2n) is 5.12. The van der Waals surface area contributed by atoms with Crippen LogP contribution in [0.25, 0.3) is 0 Å².